The fraction of sp³-hybridized carbons (Fsp3) is 0.0667. The molecule has 3 aromatic rings. The van der Waals surface area contributed by atoms with Gasteiger partial charge < -0.3 is 10.6 Å². The summed E-state index contributed by atoms with van der Waals surface area (Å²) in [4.78, 5) is 8.38. The number of halogens is 2. The zero-order chi connectivity index (χ0) is 16.1. The van der Waals surface area contributed by atoms with Crippen LogP contribution < -0.4 is 10.6 Å². The fourth-order valence-electron chi connectivity index (χ4n) is 1.87. The summed E-state index contributed by atoms with van der Waals surface area (Å²) in [6.07, 6.45) is 4.99. The number of para-hydroxylation sites is 1. The van der Waals surface area contributed by atoms with Gasteiger partial charge in [-0.05, 0) is 23.8 Å². The third-order valence-corrected chi connectivity index (χ3v) is 3.58. The molecule has 23 heavy (non-hydrogen) atoms. The predicted octanol–water partition coefficient (Wildman–Crippen LogP) is 3.93. The third kappa shape index (κ3) is 4.06. The fourth-order valence-corrected chi connectivity index (χ4v) is 2.36. The van der Waals surface area contributed by atoms with Crippen molar-refractivity contribution in [1.82, 2.24) is 20.2 Å². The van der Waals surface area contributed by atoms with Gasteiger partial charge >= 0.3 is 0 Å². The molecular formula is C15H12Cl2N6. The van der Waals surface area contributed by atoms with E-state index in [1.54, 1.807) is 30.6 Å². The average Bonchev–Trinajstić information content (AvgIpc) is 2.58. The normalized spacial score (nSPS) is 10.3. The Morgan fingerprint density at radius 1 is 1.00 bits per heavy atom. The van der Waals surface area contributed by atoms with Gasteiger partial charge in [-0.2, -0.15) is 10.1 Å². The molecule has 8 heteroatoms. The van der Waals surface area contributed by atoms with Crippen molar-refractivity contribution in [2.24, 2.45) is 0 Å². The van der Waals surface area contributed by atoms with Crippen molar-refractivity contribution in [2.75, 3.05) is 10.6 Å². The van der Waals surface area contributed by atoms with Crippen LogP contribution in [0, 0.1) is 0 Å². The first-order valence-electron chi connectivity index (χ1n) is 6.76. The van der Waals surface area contributed by atoms with Gasteiger partial charge in [-0.1, -0.05) is 35.3 Å². The number of nitrogens with zero attached hydrogens (tertiary/aromatic N) is 4. The molecule has 0 aliphatic carbocycles. The highest BCUT2D eigenvalue weighted by molar-refractivity contribution is 6.39. The minimum absolute atomic E-state index is 0.391. The van der Waals surface area contributed by atoms with Crippen molar-refractivity contribution >= 4 is 40.7 Å². The summed E-state index contributed by atoms with van der Waals surface area (Å²) >= 11 is 12.3. The molecule has 2 heterocycles. The van der Waals surface area contributed by atoms with E-state index in [9.17, 15) is 0 Å². The molecule has 0 saturated heterocycles. The summed E-state index contributed by atoms with van der Waals surface area (Å²) in [6, 6.07) is 9.08. The largest absolute Gasteiger partial charge is 0.349 e. The molecule has 3 rings (SSSR count). The van der Waals surface area contributed by atoms with Crippen molar-refractivity contribution < 1.29 is 0 Å². The molecule has 116 valence electrons. The second-order valence-corrected chi connectivity index (χ2v) is 5.42. The second kappa shape index (κ2) is 7.21. The van der Waals surface area contributed by atoms with Gasteiger partial charge in [0.25, 0.3) is 0 Å². The Morgan fingerprint density at radius 2 is 1.83 bits per heavy atom. The zero-order valence-electron chi connectivity index (χ0n) is 11.9. The van der Waals surface area contributed by atoms with Crippen LogP contribution in [0.25, 0.3) is 0 Å². The van der Waals surface area contributed by atoms with Gasteiger partial charge in [0, 0.05) is 18.9 Å². The highest BCUT2D eigenvalue weighted by Gasteiger charge is 2.07. The molecule has 0 spiro atoms. The SMILES string of the molecule is Clc1cccc(Cl)c1Nc1cnnc(NCc2cccnc2)n1. The molecule has 6 nitrogen and oxygen atoms in total. The smallest absolute Gasteiger partial charge is 0.244 e. The first-order valence-corrected chi connectivity index (χ1v) is 7.51. The number of anilines is 3. The Balaban J connectivity index is 1.72. The highest BCUT2D eigenvalue weighted by Crippen LogP contribution is 2.31. The summed E-state index contributed by atoms with van der Waals surface area (Å²) < 4.78 is 0. The third-order valence-electron chi connectivity index (χ3n) is 2.95. The Labute approximate surface area is 142 Å². The molecule has 0 fully saturated rings. The first kappa shape index (κ1) is 15.5. The van der Waals surface area contributed by atoms with Crippen LogP contribution in [0.3, 0.4) is 0 Å². The van der Waals surface area contributed by atoms with E-state index in [0.29, 0.717) is 34.0 Å². The topological polar surface area (TPSA) is 75.6 Å². The van der Waals surface area contributed by atoms with Crippen molar-refractivity contribution in [3.05, 3.63) is 64.5 Å². The molecule has 0 amide bonds. The van der Waals surface area contributed by atoms with E-state index in [-0.39, 0.29) is 0 Å². The number of rotatable bonds is 5. The summed E-state index contributed by atoms with van der Waals surface area (Å²) in [6.45, 7) is 0.547. The molecule has 0 saturated carbocycles. The zero-order valence-corrected chi connectivity index (χ0v) is 13.4. The second-order valence-electron chi connectivity index (χ2n) is 4.60. The van der Waals surface area contributed by atoms with E-state index in [1.807, 2.05) is 12.1 Å². The van der Waals surface area contributed by atoms with E-state index in [4.69, 9.17) is 23.2 Å². The standard InChI is InChI=1S/C15H12Cl2N6/c16-11-4-1-5-12(17)14(11)21-13-9-20-23-15(22-13)19-8-10-3-2-6-18-7-10/h1-7,9H,8H2,(H2,19,21,22,23). The predicted molar refractivity (Wildman–Crippen MR) is 91.1 cm³/mol. The van der Waals surface area contributed by atoms with Gasteiger partial charge in [-0.3, -0.25) is 4.98 Å². The molecule has 0 unspecified atom stereocenters. The van der Waals surface area contributed by atoms with Crippen LogP contribution >= 0.6 is 23.2 Å². The number of nitrogens with one attached hydrogen (secondary N) is 2. The van der Waals surface area contributed by atoms with Gasteiger partial charge in [0.05, 0.1) is 21.9 Å². The quantitative estimate of drug-likeness (QED) is 0.728. The number of pyridine rings is 1. The maximum absolute atomic E-state index is 6.13. The minimum Gasteiger partial charge on any atom is -0.349 e. The van der Waals surface area contributed by atoms with E-state index in [2.05, 4.69) is 30.8 Å². The summed E-state index contributed by atoms with van der Waals surface area (Å²) in [5.41, 5.74) is 1.60. The molecule has 0 aliphatic rings. The lowest BCUT2D eigenvalue weighted by Crippen LogP contribution is -2.06. The van der Waals surface area contributed by atoms with Gasteiger partial charge in [-0.15, -0.1) is 5.10 Å². The Kier molecular flexibility index (Phi) is 4.85. The Hall–Kier alpha value is -2.44. The van der Waals surface area contributed by atoms with Crippen molar-refractivity contribution in [2.45, 2.75) is 6.54 Å². The lowest BCUT2D eigenvalue weighted by molar-refractivity contribution is 0.946. The number of hydrogen-bond acceptors (Lipinski definition) is 6. The first-order chi connectivity index (χ1) is 11.2. The molecule has 0 atom stereocenters. The summed E-state index contributed by atoms with van der Waals surface area (Å²) in [5.74, 6) is 0.880. The van der Waals surface area contributed by atoms with Crippen LogP contribution in [0.5, 0.6) is 0 Å². The van der Waals surface area contributed by atoms with Gasteiger partial charge in [-0.25, -0.2) is 0 Å². The maximum atomic E-state index is 6.13. The van der Waals surface area contributed by atoms with Gasteiger partial charge in [0.1, 0.15) is 0 Å². The molecule has 2 N–H and O–H groups in total. The van der Waals surface area contributed by atoms with E-state index in [0.717, 1.165) is 5.56 Å². The van der Waals surface area contributed by atoms with E-state index < -0.39 is 0 Å². The maximum Gasteiger partial charge on any atom is 0.244 e. The number of hydrogen-bond donors (Lipinski definition) is 2. The van der Waals surface area contributed by atoms with Gasteiger partial charge in [0.2, 0.25) is 5.95 Å². The Bertz CT molecular complexity index is 777. The summed E-state index contributed by atoms with van der Waals surface area (Å²) in [5, 5.41) is 15.0. The molecular weight excluding hydrogens is 335 g/mol. The van der Waals surface area contributed by atoms with Gasteiger partial charge in [0.15, 0.2) is 5.82 Å². The molecule has 0 bridgehead atoms. The minimum atomic E-state index is 0.391. The lowest BCUT2D eigenvalue weighted by Gasteiger charge is -2.10. The summed E-state index contributed by atoms with van der Waals surface area (Å²) in [7, 11) is 0. The monoisotopic (exact) mass is 346 g/mol. The number of benzene rings is 1. The van der Waals surface area contributed by atoms with E-state index >= 15 is 0 Å². The Morgan fingerprint density at radius 3 is 2.57 bits per heavy atom. The van der Waals surface area contributed by atoms with Crippen LogP contribution in [0.2, 0.25) is 10.0 Å². The molecule has 0 radical (unpaired) electrons. The van der Waals surface area contributed by atoms with Crippen molar-refractivity contribution in [1.29, 1.82) is 0 Å². The number of aromatic nitrogens is 4. The highest BCUT2D eigenvalue weighted by atomic mass is 35.5. The van der Waals surface area contributed by atoms with Crippen LogP contribution in [-0.2, 0) is 6.54 Å². The molecule has 2 aromatic heterocycles. The van der Waals surface area contributed by atoms with Crippen LogP contribution in [0.4, 0.5) is 17.5 Å². The average molecular weight is 347 g/mol. The van der Waals surface area contributed by atoms with Crippen molar-refractivity contribution in [3.8, 4) is 0 Å². The van der Waals surface area contributed by atoms with E-state index in [1.165, 1.54) is 6.20 Å². The molecule has 0 aliphatic heterocycles. The van der Waals surface area contributed by atoms with Crippen LogP contribution in [0.1, 0.15) is 5.56 Å². The molecule has 1 aromatic carbocycles. The van der Waals surface area contributed by atoms with Crippen molar-refractivity contribution in [3.63, 3.8) is 0 Å². The lowest BCUT2D eigenvalue weighted by atomic mass is 10.3. The van der Waals surface area contributed by atoms with Crippen LogP contribution in [-0.4, -0.2) is 20.2 Å². The van der Waals surface area contributed by atoms with Crippen LogP contribution in [0.15, 0.2) is 48.9 Å².